The van der Waals surface area contributed by atoms with E-state index in [9.17, 15) is 9.59 Å². The lowest BCUT2D eigenvalue weighted by Gasteiger charge is -2.13. The number of hydrogen-bond acceptors (Lipinski definition) is 4. The van der Waals surface area contributed by atoms with E-state index in [1.165, 1.54) is 7.11 Å². The average Bonchev–Trinajstić information content (AvgIpc) is 2.62. The standard InChI is InChI=1S/C9H15NO4/c1-8(2)5(6(11)14-4)9(8,10-3)7(12)13/h5,10H,1-4H3,(H,12,13). The Morgan fingerprint density at radius 1 is 1.43 bits per heavy atom. The van der Waals surface area contributed by atoms with Crippen molar-refractivity contribution in [1.82, 2.24) is 5.32 Å². The number of rotatable bonds is 3. The molecule has 1 aliphatic rings. The highest BCUT2D eigenvalue weighted by atomic mass is 16.5. The Balaban J connectivity index is 3.03. The lowest BCUT2D eigenvalue weighted by molar-refractivity contribution is -0.148. The lowest BCUT2D eigenvalue weighted by atomic mass is 10.1. The van der Waals surface area contributed by atoms with Crippen molar-refractivity contribution in [3.8, 4) is 0 Å². The summed E-state index contributed by atoms with van der Waals surface area (Å²) in [4.78, 5) is 22.4. The third-order valence-electron chi connectivity index (χ3n) is 3.26. The maximum absolute atomic E-state index is 11.3. The van der Waals surface area contributed by atoms with Crippen LogP contribution in [0.3, 0.4) is 0 Å². The highest BCUT2D eigenvalue weighted by Gasteiger charge is 2.79. The van der Waals surface area contributed by atoms with Gasteiger partial charge in [-0.2, -0.15) is 0 Å². The summed E-state index contributed by atoms with van der Waals surface area (Å²) < 4.78 is 4.57. The minimum atomic E-state index is -1.18. The first-order valence-electron chi connectivity index (χ1n) is 4.36. The summed E-state index contributed by atoms with van der Waals surface area (Å²) in [6.45, 7) is 3.47. The van der Waals surface area contributed by atoms with Gasteiger partial charge in [0, 0.05) is 5.41 Å². The zero-order chi connectivity index (χ0) is 11.1. The molecule has 5 nitrogen and oxygen atoms in total. The van der Waals surface area contributed by atoms with E-state index < -0.39 is 28.8 Å². The Morgan fingerprint density at radius 2 is 1.93 bits per heavy atom. The summed E-state index contributed by atoms with van der Waals surface area (Å²) in [6, 6.07) is 0. The molecule has 0 bridgehead atoms. The average molecular weight is 201 g/mol. The van der Waals surface area contributed by atoms with Gasteiger partial charge < -0.3 is 15.2 Å². The molecular weight excluding hydrogens is 186 g/mol. The van der Waals surface area contributed by atoms with E-state index >= 15 is 0 Å². The lowest BCUT2D eigenvalue weighted by Crippen LogP contribution is -2.42. The first kappa shape index (κ1) is 11.0. The smallest absolute Gasteiger partial charge is 0.325 e. The predicted octanol–water partition coefficient (Wildman–Crippen LogP) is -0.142. The Bertz CT molecular complexity index is 287. The predicted molar refractivity (Wildman–Crippen MR) is 48.7 cm³/mol. The maximum Gasteiger partial charge on any atom is 0.325 e. The van der Waals surface area contributed by atoms with E-state index in [4.69, 9.17) is 5.11 Å². The Morgan fingerprint density at radius 3 is 2.14 bits per heavy atom. The second-order valence-corrected chi connectivity index (χ2v) is 4.04. The number of carbonyl (C=O) groups excluding carboxylic acids is 1. The number of ether oxygens (including phenoxy) is 1. The number of carboxylic acids is 1. The van der Waals surface area contributed by atoms with Crippen LogP contribution >= 0.6 is 0 Å². The van der Waals surface area contributed by atoms with Crippen molar-refractivity contribution in [1.29, 1.82) is 0 Å². The number of aliphatic carboxylic acids is 1. The molecule has 1 saturated carbocycles. The molecule has 2 atom stereocenters. The highest BCUT2D eigenvalue weighted by molar-refractivity contribution is 5.96. The van der Waals surface area contributed by atoms with Gasteiger partial charge in [0.1, 0.15) is 5.54 Å². The summed E-state index contributed by atoms with van der Waals surface area (Å²) in [5.41, 5.74) is -1.79. The zero-order valence-corrected chi connectivity index (χ0v) is 8.75. The molecule has 5 heteroatoms. The van der Waals surface area contributed by atoms with Crippen LogP contribution in [0.1, 0.15) is 13.8 Å². The Kier molecular flexibility index (Phi) is 2.31. The second-order valence-electron chi connectivity index (χ2n) is 4.04. The van der Waals surface area contributed by atoms with Crippen LogP contribution in [0.15, 0.2) is 0 Å². The first-order chi connectivity index (χ1) is 6.36. The molecule has 0 saturated heterocycles. The van der Waals surface area contributed by atoms with E-state index in [1.807, 2.05) is 0 Å². The van der Waals surface area contributed by atoms with Crippen molar-refractivity contribution in [2.45, 2.75) is 19.4 Å². The molecule has 0 aromatic carbocycles. The maximum atomic E-state index is 11.3. The molecule has 0 spiro atoms. The third-order valence-corrected chi connectivity index (χ3v) is 3.26. The topological polar surface area (TPSA) is 75.6 Å². The number of esters is 1. The summed E-state index contributed by atoms with van der Waals surface area (Å²) in [7, 11) is 2.80. The number of carboxylic acid groups (broad SMARTS) is 1. The summed E-state index contributed by atoms with van der Waals surface area (Å²) in [5, 5.41) is 11.8. The van der Waals surface area contributed by atoms with Crippen molar-refractivity contribution in [2.75, 3.05) is 14.2 Å². The van der Waals surface area contributed by atoms with Gasteiger partial charge in [-0.1, -0.05) is 13.8 Å². The molecule has 1 fully saturated rings. The van der Waals surface area contributed by atoms with Crippen molar-refractivity contribution in [2.24, 2.45) is 11.3 Å². The van der Waals surface area contributed by atoms with Crippen LogP contribution in [0.5, 0.6) is 0 Å². The monoisotopic (exact) mass is 201 g/mol. The second kappa shape index (κ2) is 2.95. The summed E-state index contributed by atoms with van der Waals surface area (Å²) in [6.07, 6.45) is 0. The molecule has 0 aliphatic heterocycles. The van der Waals surface area contributed by atoms with Crippen molar-refractivity contribution < 1.29 is 19.4 Å². The van der Waals surface area contributed by atoms with E-state index in [-0.39, 0.29) is 0 Å². The van der Waals surface area contributed by atoms with Crippen LogP contribution in [0, 0.1) is 11.3 Å². The molecule has 14 heavy (non-hydrogen) atoms. The molecule has 0 radical (unpaired) electrons. The van der Waals surface area contributed by atoms with E-state index in [0.29, 0.717) is 0 Å². The van der Waals surface area contributed by atoms with Crippen LogP contribution in [0.2, 0.25) is 0 Å². The van der Waals surface area contributed by atoms with E-state index in [1.54, 1.807) is 20.9 Å². The molecule has 80 valence electrons. The number of nitrogens with one attached hydrogen (secondary N) is 1. The molecule has 1 aliphatic carbocycles. The first-order valence-corrected chi connectivity index (χ1v) is 4.36. The third kappa shape index (κ3) is 0.987. The minimum absolute atomic E-state index is 0.480. The van der Waals surface area contributed by atoms with Gasteiger partial charge in [0.25, 0.3) is 0 Å². The molecule has 2 unspecified atom stereocenters. The van der Waals surface area contributed by atoms with Crippen LogP contribution in [-0.4, -0.2) is 36.7 Å². The largest absolute Gasteiger partial charge is 0.480 e. The quantitative estimate of drug-likeness (QED) is 0.621. The molecule has 0 amide bonds. The van der Waals surface area contributed by atoms with Gasteiger partial charge >= 0.3 is 11.9 Å². The summed E-state index contributed by atoms with van der Waals surface area (Å²) in [5.74, 6) is -2.12. The van der Waals surface area contributed by atoms with Gasteiger partial charge in [0.15, 0.2) is 0 Å². The van der Waals surface area contributed by atoms with Crippen LogP contribution in [0.25, 0.3) is 0 Å². The fraction of sp³-hybridized carbons (Fsp3) is 0.778. The molecule has 2 N–H and O–H groups in total. The van der Waals surface area contributed by atoms with Gasteiger partial charge in [-0.25, -0.2) is 0 Å². The van der Waals surface area contributed by atoms with Crippen molar-refractivity contribution >= 4 is 11.9 Å². The Labute approximate surface area is 82.4 Å². The fourth-order valence-corrected chi connectivity index (χ4v) is 2.33. The number of likely N-dealkylation sites (N-methyl/N-ethyl adjacent to an activating group) is 1. The van der Waals surface area contributed by atoms with Gasteiger partial charge in [-0.3, -0.25) is 9.59 Å². The number of carbonyl (C=O) groups is 2. The highest BCUT2D eigenvalue weighted by Crippen LogP contribution is 2.61. The van der Waals surface area contributed by atoms with E-state index in [0.717, 1.165) is 0 Å². The van der Waals surface area contributed by atoms with Crippen molar-refractivity contribution in [3.63, 3.8) is 0 Å². The SMILES string of the molecule is CNC1(C(=O)O)C(C(=O)OC)C1(C)C. The Hall–Kier alpha value is -1.10. The van der Waals surface area contributed by atoms with Gasteiger partial charge in [0.2, 0.25) is 0 Å². The zero-order valence-electron chi connectivity index (χ0n) is 8.75. The normalized spacial score (nSPS) is 33.6. The van der Waals surface area contributed by atoms with Gasteiger partial charge in [-0.15, -0.1) is 0 Å². The minimum Gasteiger partial charge on any atom is -0.480 e. The molecule has 1 rings (SSSR count). The van der Waals surface area contributed by atoms with Gasteiger partial charge in [0.05, 0.1) is 13.0 Å². The van der Waals surface area contributed by atoms with Crippen LogP contribution < -0.4 is 5.32 Å². The molecule has 0 aromatic rings. The van der Waals surface area contributed by atoms with Gasteiger partial charge in [-0.05, 0) is 7.05 Å². The van der Waals surface area contributed by atoms with Crippen LogP contribution in [-0.2, 0) is 14.3 Å². The number of methoxy groups -OCH3 is 1. The van der Waals surface area contributed by atoms with Crippen molar-refractivity contribution in [3.05, 3.63) is 0 Å². The molecule has 0 heterocycles. The molecule has 0 aromatic heterocycles. The molecular formula is C9H15NO4. The van der Waals surface area contributed by atoms with Crippen LogP contribution in [0.4, 0.5) is 0 Å². The van der Waals surface area contributed by atoms with E-state index in [2.05, 4.69) is 10.1 Å². The number of hydrogen-bond donors (Lipinski definition) is 2. The fourth-order valence-electron chi connectivity index (χ4n) is 2.33. The summed E-state index contributed by atoms with van der Waals surface area (Å²) >= 11 is 0.